The highest BCUT2D eigenvalue weighted by Crippen LogP contribution is 2.22. The first-order valence-electron chi connectivity index (χ1n) is 8.53. The van der Waals surface area contributed by atoms with Crippen LogP contribution in [0.2, 0.25) is 0 Å². The van der Waals surface area contributed by atoms with Crippen molar-refractivity contribution in [3.63, 3.8) is 0 Å². The van der Waals surface area contributed by atoms with Crippen LogP contribution in [0.3, 0.4) is 0 Å². The topological polar surface area (TPSA) is 58.1 Å². The molecule has 0 bridgehead atoms. The van der Waals surface area contributed by atoms with Gasteiger partial charge in [0.1, 0.15) is 17.3 Å². The summed E-state index contributed by atoms with van der Waals surface area (Å²) in [7, 11) is 0. The first-order valence-corrected chi connectivity index (χ1v) is 8.53. The number of para-hydroxylation sites is 1. The second-order valence-electron chi connectivity index (χ2n) is 6.43. The summed E-state index contributed by atoms with van der Waals surface area (Å²) >= 11 is 0. The summed E-state index contributed by atoms with van der Waals surface area (Å²) in [4.78, 5) is 23.8. The minimum Gasteiger partial charge on any atom is -0.356 e. The van der Waals surface area contributed by atoms with Gasteiger partial charge in [-0.2, -0.15) is 0 Å². The van der Waals surface area contributed by atoms with E-state index < -0.39 is 0 Å². The van der Waals surface area contributed by atoms with E-state index in [4.69, 9.17) is 0 Å². The number of hydrogen-bond acceptors (Lipinski definition) is 4. The summed E-state index contributed by atoms with van der Waals surface area (Å²) < 4.78 is 0. The van der Waals surface area contributed by atoms with Gasteiger partial charge in [0.2, 0.25) is 0 Å². The number of aromatic nitrogens is 2. The smallest absolute Gasteiger partial charge is 0.274 e. The average molecular weight is 324 g/mol. The SMILES string of the molecule is Cc1nc(C(=O)Nc2c(C)cccc2C)cc(N2CCCCC2)n1. The van der Waals surface area contributed by atoms with Crippen molar-refractivity contribution in [2.45, 2.75) is 40.0 Å². The van der Waals surface area contributed by atoms with E-state index in [2.05, 4.69) is 20.2 Å². The maximum atomic E-state index is 12.7. The minimum atomic E-state index is -0.184. The minimum absolute atomic E-state index is 0.184. The highest BCUT2D eigenvalue weighted by molar-refractivity contribution is 6.04. The Morgan fingerprint density at radius 2 is 1.71 bits per heavy atom. The highest BCUT2D eigenvalue weighted by Gasteiger charge is 2.17. The summed E-state index contributed by atoms with van der Waals surface area (Å²) in [5.74, 6) is 1.30. The van der Waals surface area contributed by atoms with Crippen LogP contribution in [0.5, 0.6) is 0 Å². The highest BCUT2D eigenvalue weighted by atomic mass is 16.1. The monoisotopic (exact) mass is 324 g/mol. The van der Waals surface area contributed by atoms with Crippen molar-refractivity contribution < 1.29 is 4.79 Å². The molecule has 0 spiro atoms. The van der Waals surface area contributed by atoms with E-state index >= 15 is 0 Å². The first-order chi connectivity index (χ1) is 11.5. The van der Waals surface area contributed by atoms with Crippen molar-refractivity contribution in [2.24, 2.45) is 0 Å². The Morgan fingerprint density at radius 3 is 2.38 bits per heavy atom. The molecule has 1 aromatic carbocycles. The lowest BCUT2D eigenvalue weighted by Crippen LogP contribution is -2.31. The molecule has 1 aliphatic rings. The van der Waals surface area contributed by atoms with Crippen molar-refractivity contribution >= 4 is 17.4 Å². The standard InChI is InChI=1S/C19H24N4O/c1-13-8-7-9-14(2)18(13)22-19(24)16-12-17(21-15(3)20-16)23-10-5-4-6-11-23/h7-9,12H,4-6,10-11H2,1-3H3,(H,22,24). The summed E-state index contributed by atoms with van der Waals surface area (Å²) in [5.41, 5.74) is 3.37. The molecule has 5 heteroatoms. The molecule has 24 heavy (non-hydrogen) atoms. The van der Waals surface area contributed by atoms with Gasteiger partial charge >= 0.3 is 0 Å². The van der Waals surface area contributed by atoms with Crippen LogP contribution in [0.4, 0.5) is 11.5 Å². The molecule has 1 amide bonds. The second kappa shape index (κ2) is 6.99. The fourth-order valence-corrected chi connectivity index (χ4v) is 3.14. The van der Waals surface area contributed by atoms with Gasteiger partial charge in [0, 0.05) is 24.8 Å². The van der Waals surface area contributed by atoms with Gasteiger partial charge in [-0.1, -0.05) is 18.2 Å². The molecule has 1 fully saturated rings. The molecular weight excluding hydrogens is 300 g/mol. The largest absolute Gasteiger partial charge is 0.356 e. The lowest BCUT2D eigenvalue weighted by Gasteiger charge is -2.28. The molecule has 1 saturated heterocycles. The fraction of sp³-hybridized carbons (Fsp3) is 0.421. The predicted octanol–water partition coefficient (Wildman–Crippen LogP) is 3.64. The van der Waals surface area contributed by atoms with Crippen LogP contribution < -0.4 is 10.2 Å². The zero-order chi connectivity index (χ0) is 17.1. The molecule has 0 unspecified atom stereocenters. The normalized spacial score (nSPS) is 14.5. The molecule has 3 rings (SSSR count). The molecule has 0 aliphatic carbocycles. The third kappa shape index (κ3) is 3.55. The van der Waals surface area contributed by atoms with Gasteiger partial charge in [-0.05, 0) is 51.2 Å². The number of carbonyl (C=O) groups is 1. The van der Waals surface area contributed by atoms with Crippen LogP contribution in [0, 0.1) is 20.8 Å². The molecule has 2 aromatic rings. The zero-order valence-corrected chi connectivity index (χ0v) is 14.6. The van der Waals surface area contributed by atoms with E-state index in [9.17, 15) is 4.79 Å². The van der Waals surface area contributed by atoms with Gasteiger partial charge in [-0.3, -0.25) is 4.79 Å². The Kier molecular flexibility index (Phi) is 4.79. The van der Waals surface area contributed by atoms with Gasteiger partial charge in [-0.15, -0.1) is 0 Å². The number of aryl methyl sites for hydroxylation is 3. The van der Waals surface area contributed by atoms with Gasteiger partial charge in [0.15, 0.2) is 0 Å². The summed E-state index contributed by atoms with van der Waals surface area (Å²) in [6.07, 6.45) is 3.61. The average Bonchev–Trinajstić information content (AvgIpc) is 2.58. The summed E-state index contributed by atoms with van der Waals surface area (Å²) in [6.45, 7) is 7.81. The fourth-order valence-electron chi connectivity index (χ4n) is 3.14. The molecule has 1 aliphatic heterocycles. The van der Waals surface area contributed by atoms with E-state index in [1.165, 1.54) is 19.3 Å². The number of nitrogens with zero attached hydrogens (tertiary/aromatic N) is 3. The molecule has 2 heterocycles. The molecule has 5 nitrogen and oxygen atoms in total. The Labute approximate surface area is 143 Å². The van der Waals surface area contributed by atoms with Gasteiger partial charge in [0.25, 0.3) is 5.91 Å². The third-order valence-electron chi connectivity index (χ3n) is 4.46. The molecule has 0 atom stereocenters. The lowest BCUT2D eigenvalue weighted by atomic mass is 10.1. The van der Waals surface area contributed by atoms with Crippen LogP contribution in [0.1, 0.15) is 46.7 Å². The molecule has 126 valence electrons. The Bertz CT molecular complexity index is 731. The zero-order valence-electron chi connectivity index (χ0n) is 14.6. The van der Waals surface area contributed by atoms with E-state index in [1.807, 2.05) is 39.0 Å². The third-order valence-corrected chi connectivity index (χ3v) is 4.46. The Hall–Kier alpha value is -2.43. The van der Waals surface area contributed by atoms with E-state index in [1.54, 1.807) is 6.07 Å². The number of benzene rings is 1. The maximum Gasteiger partial charge on any atom is 0.274 e. The van der Waals surface area contributed by atoms with E-state index in [0.717, 1.165) is 35.7 Å². The van der Waals surface area contributed by atoms with Crippen molar-refractivity contribution in [3.8, 4) is 0 Å². The molecular formula is C19H24N4O. The van der Waals surface area contributed by atoms with Crippen LogP contribution in [-0.4, -0.2) is 29.0 Å². The van der Waals surface area contributed by atoms with Crippen LogP contribution in [0.15, 0.2) is 24.3 Å². The summed E-state index contributed by atoms with van der Waals surface area (Å²) in [6, 6.07) is 7.78. The van der Waals surface area contributed by atoms with Crippen LogP contribution in [0.25, 0.3) is 0 Å². The van der Waals surface area contributed by atoms with Gasteiger partial charge in [-0.25, -0.2) is 9.97 Å². The van der Waals surface area contributed by atoms with Crippen molar-refractivity contribution in [1.82, 2.24) is 9.97 Å². The van der Waals surface area contributed by atoms with Crippen molar-refractivity contribution in [1.29, 1.82) is 0 Å². The number of amides is 1. The van der Waals surface area contributed by atoms with Gasteiger partial charge in [0.05, 0.1) is 0 Å². The number of carbonyl (C=O) groups excluding carboxylic acids is 1. The van der Waals surface area contributed by atoms with Crippen LogP contribution in [-0.2, 0) is 0 Å². The summed E-state index contributed by atoms with van der Waals surface area (Å²) in [5, 5.41) is 3.00. The number of hydrogen-bond donors (Lipinski definition) is 1. The quantitative estimate of drug-likeness (QED) is 0.936. The van der Waals surface area contributed by atoms with Gasteiger partial charge < -0.3 is 10.2 Å². The maximum absolute atomic E-state index is 12.7. The van der Waals surface area contributed by atoms with Crippen molar-refractivity contribution in [2.75, 3.05) is 23.3 Å². The van der Waals surface area contributed by atoms with Crippen LogP contribution >= 0.6 is 0 Å². The Balaban J connectivity index is 1.85. The van der Waals surface area contributed by atoms with E-state index in [0.29, 0.717) is 11.5 Å². The molecule has 1 N–H and O–H groups in total. The second-order valence-corrected chi connectivity index (χ2v) is 6.43. The number of rotatable bonds is 3. The Morgan fingerprint density at radius 1 is 1.04 bits per heavy atom. The molecule has 1 aromatic heterocycles. The van der Waals surface area contributed by atoms with Crippen molar-refractivity contribution in [3.05, 3.63) is 46.9 Å². The number of nitrogens with one attached hydrogen (secondary N) is 1. The molecule has 0 radical (unpaired) electrons. The molecule has 0 saturated carbocycles. The number of piperidine rings is 1. The lowest BCUT2D eigenvalue weighted by molar-refractivity contribution is 0.102. The number of anilines is 2. The predicted molar refractivity (Wildman–Crippen MR) is 96.7 cm³/mol. The first kappa shape index (κ1) is 16.4. The van der Waals surface area contributed by atoms with E-state index in [-0.39, 0.29) is 5.91 Å².